The summed E-state index contributed by atoms with van der Waals surface area (Å²) in [6, 6.07) is 8.60. The summed E-state index contributed by atoms with van der Waals surface area (Å²) in [7, 11) is 1.57. The summed E-state index contributed by atoms with van der Waals surface area (Å²) in [6.07, 6.45) is 2.77. The Hall–Kier alpha value is -2.83. The van der Waals surface area contributed by atoms with Crippen LogP contribution in [-0.2, 0) is 0 Å². The molecule has 0 radical (unpaired) electrons. The van der Waals surface area contributed by atoms with Crippen molar-refractivity contribution in [3.8, 4) is 5.75 Å². The number of hydrogen-bond acceptors (Lipinski definition) is 4. The molecule has 1 aliphatic rings. The van der Waals surface area contributed by atoms with Crippen molar-refractivity contribution in [2.75, 3.05) is 13.7 Å². The number of carbonyl (C=O) groups is 2. The minimum Gasteiger partial charge on any atom is -0.497 e. The highest BCUT2D eigenvalue weighted by Gasteiger charge is 2.30. The largest absolute Gasteiger partial charge is 0.497 e. The maximum Gasteiger partial charge on any atom is 0.269 e. The van der Waals surface area contributed by atoms with Crippen LogP contribution in [0, 0.1) is 0 Å². The number of benzene rings is 1. The van der Waals surface area contributed by atoms with E-state index < -0.39 is 5.91 Å². The van der Waals surface area contributed by atoms with Crippen molar-refractivity contribution in [3.05, 3.63) is 47.3 Å². The molecule has 3 N–H and O–H groups in total. The molecule has 1 aliphatic heterocycles. The van der Waals surface area contributed by atoms with E-state index in [1.54, 1.807) is 37.4 Å². The molecule has 1 saturated heterocycles. The van der Waals surface area contributed by atoms with E-state index in [4.69, 9.17) is 10.5 Å². The van der Waals surface area contributed by atoms with E-state index in [1.165, 1.54) is 0 Å². The molecule has 1 aromatic carbocycles. The standard InChI is InChI=1S/C17H20N4O3/c1-24-12-6-4-5-11(9-12)17(23)21-8-3-2-7-15(21)13-10-14(16(18)22)20-19-13/h4-6,9-10,15H,2-3,7-8H2,1H3,(H2,18,22)(H,19,20). The molecule has 1 aromatic heterocycles. The fourth-order valence-corrected chi connectivity index (χ4v) is 3.05. The van der Waals surface area contributed by atoms with Crippen LogP contribution in [0.5, 0.6) is 5.75 Å². The Morgan fingerprint density at radius 2 is 2.17 bits per heavy atom. The van der Waals surface area contributed by atoms with Gasteiger partial charge in [-0.2, -0.15) is 5.10 Å². The second kappa shape index (κ2) is 6.74. The Kier molecular flexibility index (Phi) is 4.50. The second-order valence-electron chi connectivity index (χ2n) is 5.81. The van der Waals surface area contributed by atoms with E-state index in [0.717, 1.165) is 25.0 Å². The molecule has 0 saturated carbocycles. The van der Waals surface area contributed by atoms with E-state index >= 15 is 0 Å². The maximum absolute atomic E-state index is 12.9. The fourth-order valence-electron chi connectivity index (χ4n) is 3.05. The number of methoxy groups -OCH3 is 1. The smallest absolute Gasteiger partial charge is 0.269 e. The van der Waals surface area contributed by atoms with Gasteiger partial charge in [-0.25, -0.2) is 0 Å². The van der Waals surface area contributed by atoms with E-state index in [9.17, 15) is 9.59 Å². The Labute approximate surface area is 139 Å². The molecule has 1 fully saturated rings. The van der Waals surface area contributed by atoms with Gasteiger partial charge in [-0.05, 0) is 43.5 Å². The Morgan fingerprint density at radius 1 is 1.33 bits per heavy atom. The first kappa shape index (κ1) is 16.0. The lowest BCUT2D eigenvalue weighted by Gasteiger charge is -2.35. The highest BCUT2D eigenvalue weighted by Crippen LogP contribution is 2.31. The van der Waals surface area contributed by atoms with E-state index in [-0.39, 0.29) is 17.6 Å². The minimum atomic E-state index is -0.584. The number of nitrogens with zero attached hydrogens (tertiary/aromatic N) is 2. The summed E-state index contributed by atoms with van der Waals surface area (Å²) < 4.78 is 5.20. The quantitative estimate of drug-likeness (QED) is 0.894. The monoisotopic (exact) mass is 328 g/mol. The average Bonchev–Trinajstić information content (AvgIpc) is 3.11. The molecular formula is C17H20N4O3. The maximum atomic E-state index is 12.9. The van der Waals surface area contributed by atoms with Gasteiger partial charge >= 0.3 is 0 Å². The summed E-state index contributed by atoms with van der Waals surface area (Å²) in [5, 5.41) is 6.77. The number of aromatic nitrogens is 2. The van der Waals surface area contributed by atoms with Crippen molar-refractivity contribution < 1.29 is 14.3 Å². The molecule has 2 aromatic rings. The number of ether oxygens (including phenoxy) is 1. The summed E-state index contributed by atoms with van der Waals surface area (Å²) in [5.41, 5.74) is 6.76. The fraction of sp³-hybridized carbons (Fsp3) is 0.353. The Balaban J connectivity index is 1.88. The molecule has 0 aliphatic carbocycles. The first-order chi connectivity index (χ1) is 11.6. The molecule has 1 atom stereocenters. The van der Waals surface area contributed by atoms with Crippen LogP contribution in [0.2, 0.25) is 0 Å². The van der Waals surface area contributed by atoms with Gasteiger partial charge in [0.1, 0.15) is 11.4 Å². The number of nitrogens with two attached hydrogens (primary N) is 1. The van der Waals surface area contributed by atoms with Crippen LogP contribution in [-0.4, -0.2) is 40.6 Å². The highest BCUT2D eigenvalue weighted by atomic mass is 16.5. The van der Waals surface area contributed by atoms with Gasteiger partial charge in [-0.15, -0.1) is 0 Å². The number of piperidine rings is 1. The minimum absolute atomic E-state index is 0.0613. The van der Waals surface area contributed by atoms with Crippen molar-refractivity contribution in [1.29, 1.82) is 0 Å². The van der Waals surface area contributed by atoms with Crippen LogP contribution in [0.25, 0.3) is 0 Å². The number of hydrogen-bond donors (Lipinski definition) is 2. The van der Waals surface area contributed by atoms with Gasteiger partial charge in [0, 0.05) is 12.1 Å². The summed E-state index contributed by atoms with van der Waals surface area (Å²) >= 11 is 0. The van der Waals surface area contributed by atoms with Crippen LogP contribution < -0.4 is 10.5 Å². The van der Waals surface area contributed by atoms with Crippen LogP contribution in [0.15, 0.2) is 30.3 Å². The number of nitrogens with one attached hydrogen (secondary N) is 1. The molecule has 2 heterocycles. The summed E-state index contributed by atoms with van der Waals surface area (Å²) in [4.78, 5) is 26.0. The van der Waals surface area contributed by atoms with E-state index in [2.05, 4.69) is 10.2 Å². The number of amides is 2. The second-order valence-corrected chi connectivity index (χ2v) is 5.81. The van der Waals surface area contributed by atoms with Crippen molar-refractivity contribution in [2.45, 2.75) is 25.3 Å². The zero-order valence-electron chi connectivity index (χ0n) is 13.5. The van der Waals surface area contributed by atoms with Crippen LogP contribution in [0.1, 0.15) is 51.8 Å². The lowest BCUT2D eigenvalue weighted by atomic mass is 9.98. The molecule has 126 valence electrons. The number of carbonyl (C=O) groups excluding carboxylic acids is 2. The van der Waals surface area contributed by atoms with E-state index in [0.29, 0.717) is 17.9 Å². The lowest BCUT2D eigenvalue weighted by molar-refractivity contribution is 0.0605. The molecule has 3 rings (SSSR count). The first-order valence-corrected chi connectivity index (χ1v) is 7.90. The molecule has 7 heteroatoms. The molecule has 0 spiro atoms. The molecule has 2 amide bonds. The van der Waals surface area contributed by atoms with Gasteiger partial charge in [0.2, 0.25) is 0 Å². The van der Waals surface area contributed by atoms with Gasteiger partial charge in [0.25, 0.3) is 11.8 Å². The number of aromatic amines is 1. The predicted octanol–water partition coefficient (Wildman–Crippen LogP) is 1.88. The zero-order valence-corrected chi connectivity index (χ0v) is 13.5. The van der Waals surface area contributed by atoms with Crippen LogP contribution >= 0.6 is 0 Å². The van der Waals surface area contributed by atoms with Crippen LogP contribution in [0.3, 0.4) is 0 Å². The number of H-pyrrole nitrogens is 1. The molecule has 0 bridgehead atoms. The van der Waals surface area contributed by atoms with Crippen molar-refractivity contribution in [2.24, 2.45) is 5.73 Å². The number of primary amides is 1. The lowest BCUT2D eigenvalue weighted by Crippen LogP contribution is -2.38. The van der Waals surface area contributed by atoms with Gasteiger partial charge in [0.15, 0.2) is 0 Å². The molecule has 24 heavy (non-hydrogen) atoms. The average molecular weight is 328 g/mol. The van der Waals surface area contributed by atoms with Crippen molar-refractivity contribution >= 4 is 11.8 Å². The summed E-state index contributed by atoms with van der Waals surface area (Å²) in [5.74, 6) is -0.000212. The summed E-state index contributed by atoms with van der Waals surface area (Å²) in [6.45, 7) is 0.658. The SMILES string of the molecule is COc1cccc(C(=O)N2CCCCC2c2cc(C(N)=O)n[nH]2)c1. The highest BCUT2D eigenvalue weighted by molar-refractivity contribution is 5.95. The molecule has 7 nitrogen and oxygen atoms in total. The van der Waals surface area contributed by atoms with Crippen molar-refractivity contribution in [3.63, 3.8) is 0 Å². The third-order valence-corrected chi connectivity index (χ3v) is 4.29. The third-order valence-electron chi connectivity index (χ3n) is 4.29. The molecule has 1 unspecified atom stereocenters. The van der Waals surface area contributed by atoms with Gasteiger partial charge in [-0.1, -0.05) is 6.07 Å². The van der Waals surface area contributed by atoms with Gasteiger partial charge < -0.3 is 15.4 Å². The molecular weight excluding hydrogens is 308 g/mol. The third kappa shape index (κ3) is 3.10. The van der Waals surface area contributed by atoms with Gasteiger partial charge in [0.05, 0.1) is 18.8 Å². The van der Waals surface area contributed by atoms with Crippen molar-refractivity contribution in [1.82, 2.24) is 15.1 Å². The Morgan fingerprint density at radius 3 is 2.88 bits per heavy atom. The van der Waals surface area contributed by atoms with Crippen LogP contribution in [0.4, 0.5) is 0 Å². The first-order valence-electron chi connectivity index (χ1n) is 7.90. The Bertz CT molecular complexity index is 756. The van der Waals surface area contributed by atoms with Gasteiger partial charge in [-0.3, -0.25) is 14.7 Å². The predicted molar refractivity (Wildman–Crippen MR) is 87.7 cm³/mol. The normalized spacial score (nSPS) is 17.5. The topological polar surface area (TPSA) is 101 Å². The number of likely N-dealkylation sites (tertiary alicyclic amines) is 1. The van der Waals surface area contributed by atoms with E-state index in [1.807, 2.05) is 4.90 Å². The number of rotatable bonds is 4. The zero-order chi connectivity index (χ0) is 17.1.